The number of benzene rings is 1. The predicted molar refractivity (Wildman–Crippen MR) is 81.1 cm³/mol. The molecule has 7 nitrogen and oxygen atoms in total. The van der Waals surface area contributed by atoms with Gasteiger partial charge in [-0.05, 0) is 31.9 Å². The Bertz CT molecular complexity index is 505. The quantitative estimate of drug-likeness (QED) is 0.487. The van der Waals surface area contributed by atoms with Crippen molar-refractivity contribution in [2.24, 2.45) is 5.73 Å². The van der Waals surface area contributed by atoms with Crippen LogP contribution in [-0.2, 0) is 9.53 Å². The van der Waals surface area contributed by atoms with E-state index in [9.17, 15) is 14.4 Å². The molecule has 22 heavy (non-hydrogen) atoms. The first-order chi connectivity index (χ1) is 10.5. The van der Waals surface area contributed by atoms with Gasteiger partial charge in [-0.3, -0.25) is 4.79 Å². The average Bonchev–Trinajstić information content (AvgIpc) is 2.51. The molecule has 7 heteroatoms. The second-order valence-corrected chi connectivity index (χ2v) is 4.58. The predicted octanol–water partition coefficient (Wildman–Crippen LogP) is 0.797. The molecule has 1 unspecified atom stereocenters. The lowest BCUT2D eigenvalue weighted by atomic mass is 10.1. The molecule has 0 aliphatic carbocycles. The van der Waals surface area contributed by atoms with Crippen molar-refractivity contribution < 1.29 is 19.1 Å². The minimum Gasteiger partial charge on any atom is -0.464 e. The molecule has 1 aromatic rings. The van der Waals surface area contributed by atoms with Gasteiger partial charge in [-0.25, -0.2) is 9.59 Å². The lowest BCUT2D eigenvalue weighted by Crippen LogP contribution is -2.42. The van der Waals surface area contributed by atoms with Crippen LogP contribution in [0.5, 0.6) is 0 Å². The first-order valence-corrected chi connectivity index (χ1v) is 7.10. The van der Waals surface area contributed by atoms with Gasteiger partial charge in [0.1, 0.15) is 6.04 Å². The molecular weight excluding hydrogens is 286 g/mol. The highest BCUT2D eigenvalue weighted by Crippen LogP contribution is 2.04. The molecule has 0 saturated heterocycles. The summed E-state index contributed by atoms with van der Waals surface area (Å²) in [7, 11) is 0. The summed E-state index contributed by atoms with van der Waals surface area (Å²) in [5.41, 5.74) is 5.43. The molecule has 0 spiro atoms. The lowest BCUT2D eigenvalue weighted by molar-refractivity contribution is -0.145. The van der Waals surface area contributed by atoms with Gasteiger partial charge in [-0.15, -0.1) is 0 Å². The number of rotatable bonds is 8. The van der Waals surface area contributed by atoms with Crippen molar-refractivity contribution in [3.05, 3.63) is 35.9 Å². The molecule has 1 aromatic carbocycles. The molecular formula is C15H21N3O4. The van der Waals surface area contributed by atoms with Crippen molar-refractivity contribution in [1.29, 1.82) is 0 Å². The highest BCUT2D eigenvalue weighted by Gasteiger charge is 2.22. The first-order valence-electron chi connectivity index (χ1n) is 7.10. The number of hydrogen-bond acceptors (Lipinski definition) is 4. The fourth-order valence-electron chi connectivity index (χ4n) is 1.84. The second-order valence-electron chi connectivity index (χ2n) is 4.58. The van der Waals surface area contributed by atoms with Crippen molar-refractivity contribution in [3.63, 3.8) is 0 Å². The number of nitrogens with two attached hydrogens (primary N) is 1. The standard InChI is InChI=1S/C15H21N3O4/c1-2-22-14(20)12(9-6-10-17-15(16)21)18-13(19)11-7-4-3-5-8-11/h3-5,7-8,12H,2,6,9-10H2,1H3,(H,18,19)(H3,16,17,21). The second kappa shape index (κ2) is 9.38. The molecule has 0 heterocycles. The van der Waals surface area contributed by atoms with Crippen LogP contribution in [0.1, 0.15) is 30.1 Å². The smallest absolute Gasteiger partial charge is 0.328 e. The highest BCUT2D eigenvalue weighted by molar-refractivity contribution is 5.96. The first kappa shape index (κ1) is 17.5. The number of amides is 3. The van der Waals surface area contributed by atoms with Crippen molar-refractivity contribution in [3.8, 4) is 0 Å². The van der Waals surface area contributed by atoms with Gasteiger partial charge in [-0.2, -0.15) is 0 Å². The van der Waals surface area contributed by atoms with E-state index >= 15 is 0 Å². The Morgan fingerprint density at radius 3 is 2.50 bits per heavy atom. The summed E-state index contributed by atoms with van der Waals surface area (Å²) in [5.74, 6) is -0.840. The number of primary amides is 1. The third kappa shape index (κ3) is 6.25. The Hall–Kier alpha value is -2.57. The maximum absolute atomic E-state index is 12.1. The number of ether oxygens (including phenoxy) is 1. The van der Waals surface area contributed by atoms with Crippen LogP contribution < -0.4 is 16.4 Å². The number of nitrogens with one attached hydrogen (secondary N) is 2. The minimum atomic E-state index is -0.762. The Labute approximate surface area is 129 Å². The molecule has 0 radical (unpaired) electrons. The normalized spacial score (nSPS) is 11.3. The van der Waals surface area contributed by atoms with Crippen LogP contribution in [0.4, 0.5) is 4.79 Å². The number of urea groups is 1. The third-order valence-corrected chi connectivity index (χ3v) is 2.88. The summed E-state index contributed by atoms with van der Waals surface area (Å²) in [6.45, 7) is 2.26. The van der Waals surface area contributed by atoms with Gasteiger partial charge >= 0.3 is 12.0 Å². The lowest BCUT2D eigenvalue weighted by Gasteiger charge is -2.17. The fraction of sp³-hybridized carbons (Fsp3) is 0.400. The largest absolute Gasteiger partial charge is 0.464 e. The number of carbonyl (C=O) groups is 3. The fourth-order valence-corrected chi connectivity index (χ4v) is 1.84. The van der Waals surface area contributed by atoms with Crippen LogP contribution >= 0.6 is 0 Å². The van der Waals surface area contributed by atoms with E-state index in [2.05, 4.69) is 10.6 Å². The summed E-state index contributed by atoms with van der Waals surface area (Å²) in [4.78, 5) is 34.6. The monoisotopic (exact) mass is 307 g/mol. The molecule has 0 bridgehead atoms. The zero-order chi connectivity index (χ0) is 16.4. The van der Waals surface area contributed by atoms with Gasteiger partial charge < -0.3 is 21.1 Å². The zero-order valence-electron chi connectivity index (χ0n) is 12.5. The summed E-state index contributed by atoms with van der Waals surface area (Å²) in [6, 6.07) is 7.22. The van der Waals surface area contributed by atoms with Gasteiger partial charge in [0.2, 0.25) is 0 Å². The third-order valence-electron chi connectivity index (χ3n) is 2.88. The van der Waals surface area contributed by atoms with E-state index in [1.54, 1.807) is 37.3 Å². The van der Waals surface area contributed by atoms with E-state index in [-0.39, 0.29) is 12.5 Å². The van der Waals surface area contributed by atoms with Gasteiger partial charge in [0.05, 0.1) is 6.61 Å². The van der Waals surface area contributed by atoms with Crippen LogP contribution in [0.2, 0.25) is 0 Å². The summed E-state index contributed by atoms with van der Waals surface area (Å²) in [5, 5.41) is 5.08. The minimum absolute atomic E-state index is 0.232. The van der Waals surface area contributed by atoms with E-state index in [0.717, 1.165) is 0 Å². The highest BCUT2D eigenvalue weighted by atomic mass is 16.5. The van der Waals surface area contributed by atoms with Crippen LogP contribution in [0.3, 0.4) is 0 Å². The molecule has 0 saturated carbocycles. The van der Waals surface area contributed by atoms with Gasteiger partial charge in [0.25, 0.3) is 5.91 Å². The molecule has 1 atom stereocenters. The Balaban J connectivity index is 2.59. The Kier molecular flexibility index (Phi) is 7.45. The maximum Gasteiger partial charge on any atom is 0.328 e. The average molecular weight is 307 g/mol. The Morgan fingerprint density at radius 2 is 1.91 bits per heavy atom. The molecule has 0 fully saturated rings. The van der Waals surface area contributed by atoms with Crippen LogP contribution in [0, 0.1) is 0 Å². The molecule has 0 aliphatic heterocycles. The van der Waals surface area contributed by atoms with E-state index in [1.807, 2.05) is 0 Å². The maximum atomic E-state index is 12.1. The van der Waals surface area contributed by atoms with E-state index in [4.69, 9.17) is 10.5 Å². The van der Waals surface area contributed by atoms with Crippen LogP contribution in [0.25, 0.3) is 0 Å². The summed E-state index contributed by atoms with van der Waals surface area (Å²) in [6.07, 6.45) is 0.833. The molecule has 0 aliphatic rings. The SMILES string of the molecule is CCOC(=O)C(CCCNC(N)=O)NC(=O)c1ccccc1. The zero-order valence-corrected chi connectivity index (χ0v) is 12.5. The number of hydrogen-bond donors (Lipinski definition) is 3. The molecule has 4 N–H and O–H groups in total. The van der Waals surface area contributed by atoms with Crippen LogP contribution in [-0.4, -0.2) is 37.1 Å². The van der Waals surface area contributed by atoms with E-state index in [1.165, 1.54) is 0 Å². The molecule has 1 rings (SSSR count). The van der Waals surface area contributed by atoms with E-state index < -0.39 is 18.0 Å². The molecule has 3 amide bonds. The van der Waals surface area contributed by atoms with Crippen LogP contribution in [0.15, 0.2) is 30.3 Å². The van der Waals surface area contributed by atoms with Gasteiger partial charge in [0.15, 0.2) is 0 Å². The molecule has 120 valence electrons. The van der Waals surface area contributed by atoms with Crippen molar-refractivity contribution in [1.82, 2.24) is 10.6 Å². The molecule has 0 aromatic heterocycles. The number of carbonyl (C=O) groups excluding carboxylic acids is 3. The van der Waals surface area contributed by atoms with Crippen molar-refractivity contribution >= 4 is 17.9 Å². The summed E-state index contributed by atoms with van der Waals surface area (Å²) < 4.78 is 4.95. The van der Waals surface area contributed by atoms with Gasteiger partial charge in [0, 0.05) is 12.1 Å². The van der Waals surface area contributed by atoms with Crippen molar-refractivity contribution in [2.75, 3.05) is 13.2 Å². The summed E-state index contributed by atoms with van der Waals surface area (Å²) >= 11 is 0. The van der Waals surface area contributed by atoms with E-state index in [0.29, 0.717) is 24.9 Å². The van der Waals surface area contributed by atoms with Crippen molar-refractivity contribution in [2.45, 2.75) is 25.8 Å². The topological polar surface area (TPSA) is 111 Å². The Morgan fingerprint density at radius 1 is 1.23 bits per heavy atom. The number of esters is 1. The van der Waals surface area contributed by atoms with Gasteiger partial charge in [-0.1, -0.05) is 18.2 Å².